The normalized spacial score (nSPS) is 10.2. The second-order valence-electron chi connectivity index (χ2n) is 3.64. The van der Waals surface area contributed by atoms with E-state index >= 15 is 0 Å². The van der Waals surface area contributed by atoms with Crippen LogP contribution in [0, 0.1) is 10.1 Å². The van der Waals surface area contributed by atoms with Crippen LogP contribution in [0.5, 0.6) is 0 Å². The van der Waals surface area contributed by atoms with Gasteiger partial charge in [-0.1, -0.05) is 0 Å². The van der Waals surface area contributed by atoms with Crippen LogP contribution in [0.1, 0.15) is 10.5 Å². The standard InChI is InChI=1S/C10H13N3O6/c1-19-3-2-12(6-9(14)15)10(16)8-4-7(5-11-8)13(17)18/h4-5,11H,2-3,6H2,1H3,(H,14,15). The van der Waals surface area contributed by atoms with Crippen molar-refractivity contribution in [1.82, 2.24) is 9.88 Å². The average molecular weight is 271 g/mol. The Morgan fingerprint density at radius 2 is 2.26 bits per heavy atom. The fraction of sp³-hybridized carbons (Fsp3) is 0.400. The first-order chi connectivity index (χ1) is 8.95. The highest BCUT2D eigenvalue weighted by molar-refractivity contribution is 5.94. The van der Waals surface area contributed by atoms with Gasteiger partial charge in [0, 0.05) is 19.7 Å². The smallest absolute Gasteiger partial charge is 0.323 e. The number of nitro groups is 1. The van der Waals surface area contributed by atoms with Gasteiger partial charge in [0.2, 0.25) is 0 Å². The van der Waals surface area contributed by atoms with Crippen LogP contribution in [-0.2, 0) is 9.53 Å². The molecular formula is C10H13N3O6. The van der Waals surface area contributed by atoms with Gasteiger partial charge in [0.05, 0.1) is 17.7 Å². The zero-order valence-corrected chi connectivity index (χ0v) is 10.2. The van der Waals surface area contributed by atoms with Crippen molar-refractivity contribution in [2.75, 3.05) is 26.8 Å². The molecule has 104 valence electrons. The van der Waals surface area contributed by atoms with Crippen molar-refractivity contribution < 1.29 is 24.4 Å². The number of aromatic amines is 1. The van der Waals surface area contributed by atoms with Crippen LogP contribution >= 0.6 is 0 Å². The number of nitrogens with one attached hydrogen (secondary N) is 1. The number of amides is 1. The van der Waals surface area contributed by atoms with Gasteiger partial charge in [-0.15, -0.1) is 0 Å². The minimum Gasteiger partial charge on any atom is -0.480 e. The van der Waals surface area contributed by atoms with Crippen LogP contribution in [0.2, 0.25) is 0 Å². The second-order valence-corrected chi connectivity index (χ2v) is 3.64. The van der Waals surface area contributed by atoms with E-state index in [1.54, 1.807) is 0 Å². The summed E-state index contributed by atoms with van der Waals surface area (Å²) >= 11 is 0. The summed E-state index contributed by atoms with van der Waals surface area (Å²) in [6, 6.07) is 1.06. The summed E-state index contributed by atoms with van der Waals surface area (Å²) in [6.45, 7) is -0.259. The molecule has 0 saturated heterocycles. The lowest BCUT2D eigenvalue weighted by Crippen LogP contribution is -2.38. The van der Waals surface area contributed by atoms with Crippen molar-refractivity contribution >= 4 is 17.6 Å². The summed E-state index contributed by atoms with van der Waals surface area (Å²) in [7, 11) is 1.42. The maximum Gasteiger partial charge on any atom is 0.323 e. The van der Waals surface area contributed by atoms with E-state index in [0.717, 1.165) is 17.2 Å². The van der Waals surface area contributed by atoms with Crippen LogP contribution in [0.3, 0.4) is 0 Å². The third-order valence-electron chi connectivity index (χ3n) is 2.29. The number of carboxylic acids is 1. The molecule has 0 aromatic carbocycles. The number of nitrogens with zero attached hydrogens (tertiary/aromatic N) is 2. The predicted molar refractivity (Wildman–Crippen MR) is 62.9 cm³/mol. The summed E-state index contributed by atoms with van der Waals surface area (Å²) in [5.74, 6) is -1.81. The summed E-state index contributed by atoms with van der Waals surface area (Å²) in [6.07, 6.45) is 1.07. The number of aromatic nitrogens is 1. The van der Waals surface area contributed by atoms with Gasteiger partial charge in [0.1, 0.15) is 12.2 Å². The molecule has 0 atom stereocenters. The first-order valence-electron chi connectivity index (χ1n) is 5.28. The van der Waals surface area contributed by atoms with Gasteiger partial charge < -0.3 is 19.7 Å². The number of rotatable bonds is 7. The number of carbonyl (C=O) groups is 2. The number of H-pyrrole nitrogens is 1. The molecule has 19 heavy (non-hydrogen) atoms. The van der Waals surface area contributed by atoms with E-state index in [1.807, 2.05) is 0 Å². The molecule has 0 bridgehead atoms. The lowest BCUT2D eigenvalue weighted by molar-refractivity contribution is -0.384. The number of aliphatic carboxylic acids is 1. The first kappa shape index (κ1) is 14.6. The van der Waals surface area contributed by atoms with Gasteiger partial charge in [-0.2, -0.15) is 0 Å². The Balaban J connectivity index is 2.84. The largest absolute Gasteiger partial charge is 0.480 e. The minimum atomic E-state index is -1.18. The molecule has 9 nitrogen and oxygen atoms in total. The van der Waals surface area contributed by atoms with Crippen LogP contribution in [0.4, 0.5) is 5.69 Å². The third kappa shape index (κ3) is 4.07. The molecule has 9 heteroatoms. The fourth-order valence-electron chi connectivity index (χ4n) is 1.40. The molecule has 0 aliphatic rings. The number of methoxy groups -OCH3 is 1. The van der Waals surface area contributed by atoms with Gasteiger partial charge in [-0.3, -0.25) is 19.7 Å². The number of carboxylic acid groups (broad SMARTS) is 1. The minimum absolute atomic E-state index is 0.0379. The van der Waals surface area contributed by atoms with Crippen molar-refractivity contribution in [3.05, 3.63) is 28.1 Å². The van der Waals surface area contributed by atoms with E-state index in [1.165, 1.54) is 7.11 Å². The van der Waals surface area contributed by atoms with Crippen LogP contribution < -0.4 is 0 Å². The Kier molecular flexibility index (Phi) is 5.01. The molecule has 0 fully saturated rings. The Morgan fingerprint density at radius 3 is 2.74 bits per heavy atom. The van der Waals surface area contributed by atoms with E-state index in [4.69, 9.17) is 9.84 Å². The van der Waals surface area contributed by atoms with Gasteiger partial charge in [-0.05, 0) is 0 Å². The number of ether oxygens (including phenoxy) is 1. The van der Waals surface area contributed by atoms with E-state index in [0.29, 0.717) is 0 Å². The molecule has 0 aliphatic heterocycles. The Hall–Kier alpha value is -2.42. The summed E-state index contributed by atoms with van der Waals surface area (Å²) in [4.78, 5) is 36.0. The van der Waals surface area contributed by atoms with E-state index in [2.05, 4.69) is 4.98 Å². The quantitative estimate of drug-likeness (QED) is 0.535. The number of hydrogen-bond acceptors (Lipinski definition) is 5. The lowest BCUT2D eigenvalue weighted by Gasteiger charge is -2.19. The molecule has 0 radical (unpaired) electrons. The molecule has 0 unspecified atom stereocenters. The zero-order chi connectivity index (χ0) is 14.4. The molecule has 1 aromatic rings. The van der Waals surface area contributed by atoms with E-state index in [9.17, 15) is 19.7 Å². The van der Waals surface area contributed by atoms with Gasteiger partial charge in [0.25, 0.3) is 11.6 Å². The lowest BCUT2D eigenvalue weighted by atomic mass is 10.3. The highest BCUT2D eigenvalue weighted by Crippen LogP contribution is 2.13. The van der Waals surface area contributed by atoms with E-state index in [-0.39, 0.29) is 24.5 Å². The van der Waals surface area contributed by atoms with Crippen molar-refractivity contribution in [1.29, 1.82) is 0 Å². The summed E-state index contributed by atoms with van der Waals surface area (Å²) in [5.41, 5.74) is -0.297. The first-order valence-corrected chi connectivity index (χ1v) is 5.28. The van der Waals surface area contributed by atoms with Crippen LogP contribution in [0.15, 0.2) is 12.3 Å². The van der Waals surface area contributed by atoms with Gasteiger partial charge >= 0.3 is 5.97 Å². The summed E-state index contributed by atoms with van der Waals surface area (Å²) < 4.78 is 4.78. The maximum absolute atomic E-state index is 12.0. The SMILES string of the molecule is COCCN(CC(=O)O)C(=O)c1cc([N+](=O)[O-])c[nH]1. The molecule has 0 spiro atoms. The maximum atomic E-state index is 12.0. The highest BCUT2D eigenvalue weighted by Gasteiger charge is 2.21. The summed E-state index contributed by atoms with van der Waals surface area (Å²) in [5, 5.41) is 19.2. The average Bonchev–Trinajstić information content (AvgIpc) is 2.82. The van der Waals surface area contributed by atoms with Crippen molar-refractivity contribution in [2.45, 2.75) is 0 Å². The molecule has 0 saturated carbocycles. The van der Waals surface area contributed by atoms with Gasteiger partial charge in [0.15, 0.2) is 0 Å². The van der Waals surface area contributed by atoms with E-state index < -0.39 is 23.3 Å². The number of hydrogen-bond donors (Lipinski definition) is 2. The molecule has 0 aliphatic carbocycles. The zero-order valence-electron chi connectivity index (χ0n) is 10.2. The predicted octanol–water partition coefficient (Wildman–Crippen LogP) is 0.0961. The van der Waals surface area contributed by atoms with Crippen LogP contribution in [0.25, 0.3) is 0 Å². The molecule has 1 amide bonds. The third-order valence-corrected chi connectivity index (χ3v) is 2.29. The fourth-order valence-corrected chi connectivity index (χ4v) is 1.40. The molecule has 1 aromatic heterocycles. The molecular weight excluding hydrogens is 258 g/mol. The monoisotopic (exact) mass is 271 g/mol. The van der Waals surface area contributed by atoms with Crippen molar-refractivity contribution in [2.24, 2.45) is 0 Å². The van der Waals surface area contributed by atoms with Crippen molar-refractivity contribution in [3.63, 3.8) is 0 Å². The topological polar surface area (TPSA) is 126 Å². The van der Waals surface area contributed by atoms with Crippen molar-refractivity contribution in [3.8, 4) is 0 Å². The molecule has 2 N–H and O–H groups in total. The highest BCUT2D eigenvalue weighted by atomic mass is 16.6. The molecule has 1 rings (SSSR count). The number of carbonyl (C=O) groups excluding carboxylic acids is 1. The Bertz CT molecular complexity index is 483. The Morgan fingerprint density at radius 1 is 1.58 bits per heavy atom. The van der Waals surface area contributed by atoms with Gasteiger partial charge in [-0.25, -0.2) is 0 Å². The molecule has 1 heterocycles. The van der Waals surface area contributed by atoms with Crippen LogP contribution in [-0.4, -0.2) is 58.6 Å². The Labute approximate surface area is 107 Å². The second kappa shape index (κ2) is 6.50.